The second-order valence-electron chi connectivity index (χ2n) is 7.68. The molecule has 0 aromatic heterocycles. The van der Waals surface area contributed by atoms with Crippen molar-refractivity contribution in [3.63, 3.8) is 0 Å². The number of ether oxygens (including phenoxy) is 2. The molecule has 0 radical (unpaired) electrons. The van der Waals surface area contributed by atoms with E-state index in [0.29, 0.717) is 17.8 Å². The van der Waals surface area contributed by atoms with E-state index < -0.39 is 17.9 Å². The molecule has 0 fully saturated rings. The van der Waals surface area contributed by atoms with Crippen LogP contribution in [-0.2, 0) is 32.0 Å². The lowest BCUT2D eigenvalue weighted by Crippen LogP contribution is -2.41. The fourth-order valence-electron chi connectivity index (χ4n) is 4.47. The molecule has 0 bridgehead atoms. The number of nitriles is 1. The summed E-state index contributed by atoms with van der Waals surface area (Å²) >= 11 is 0. The van der Waals surface area contributed by atoms with Crippen LogP contribution in [0.15, 0.2) is 71.2 Å². The maximum atomic E-state index is 13.2. The van der Waals surface area contributed by atoms with E-state index in [1.807, 2.05) is 24.3 Å². The van der Waals surface area contributed by atoms with Crippen LogP contribution in [0.3, 0.4) is 0 Å². The summed E-state index contributed by atoms with van der Waals surface area (Å²) in [5.74, 6) is -2.31. The molecule has 2 aliphatic heterocycles. The summed E-state index contributed by atoms with van der Waals surface area (Å²) in [6.07, 6.45) is 0.805. The third-order valence-electron chi connectivity index (χ3n) is 5.97. The number of nitrogens with two attached hydrogens (primary N) is 1. The minimum atomic E-state index is -0.883. The Morgan fingerprint density at radius 1 is 1.09 bits per heavy atom. The van der Waals surface area contributed by atoms with Crippen molar-refractivity contribution < 1.29 is 19.1 Å². The van der Waals surface area contributed by atoms with Crippen molar-refractivity contribution in [2.45, 2.75) is 18.9 Å². The number of fused-ring (bicyclic) bond motifs is 1. The molecule has 1 atom stereocenters. The van der Waals surface area contributed by atoms with Crippen LogP contribution in [0.1, 0.15) is 22.6 Å². The zero-order chi connectivity index (χ0) is 23.5. The number of hydrogen-bond donors (Lipinski definition) is 2. The number of rotatable bonds is 4. The normalized spacial score (nSPS) is 17.8. The van der Waals surface area contributed by atoms with Crippen LogP contribution in [0.2, 0.25) is 0 Å². The number of methoxy groups -OCH3 is 2. The highest BCUT2D eigenvalue weighted by molar-refractivity contribution is 6.06. The zero-order valence-electron chi connectivity index (χ0n) is 18.4. The fraction of sp³-hybridized carbons (Fsp3) is 0.240. The molecule has 1 unspecified atom stereocenters. The smallest absolute Gasteiger partial charge is 0.355 e. The third kappa shape index (κ3) is 3.73. The van der Waals surface area contributed by atoms with Gasteiger partial charge in [-0.25, -0.2) is 9.59 Å². The third-order valence-corrected chi connectivity index (χ3v) is 5.97. The first-order valence-electron chi connectivity index (χ1n) is 10.5. The van der Waals surface area contributed by atoms with Gasteiger partial charge < -0.3 is 20.5 Å². The monoisotopic (exact) mass is 444 g/mol. The summed E-state index contributed by atoms with van der Waals surface area (Å²) in [4.78, 5) is 27.7. The second-order valence-corrected chi connectivity index (χ2v) is 7.68. The lowest BCUT2D eigenvalue weighted by Gasteiger charge is -2.37. The van der Waals surface area contributed by atoms with Gasteiger partial charge in [0.05, 0.1) is 43.0 Å². The van der Waals surface area contributed by atoms with Gasteiger partial charge in [-0.2, -0.15) is 5.26 Å². The number of esters is 2. The molecule has 33 heavy (non-hydrogen) atoms. The molecule has 3 N–H and O–H groups in total. The summed E-state index contributed by atoms with van der Waals surface area (Å²) in [5, 5.41) is 13.5. The number of nitrogens with one attached hydrogen (secondary N) is 1. The Hall–Kier alpha value is -4.09. The van der Waals surface area contributed by atoms with Gasteiger partial charge in [-0.1, -0.05) is 42.5 Å². The van der Waals surface area contributed by atoms with E-state index in [-0.39, 0.29) is 22.7 Å². The Morgan fingerprint density at radius 3 is 2.48 bits per heavy atom. The van der Waals surface area contributed by atoms with E-state index in [2.05, 4.69) is 11.4 Å². The number of carbonyl (C=O) groups is 2. The summed E-state index contributed by atoms with van der Waals surface area (Å²) in [6, 6.07) is 16.8. The Kier molecular flexibility index (Phi) is 6.16. The van der Waals surface area contributed by atoms with E-state index in [1.165, 1.54) is 19.1 Å². The molecule has 0 saturated carbocycles. The molecule has 0 aliphatic carbocycles. The van der Waals surface area contributed by atoms with Crippen LogP contribution in [-0.4, -0.2) is 32.7 Å². The zero-order valence-corrected chi connectivity index (χ0v) is 18.4. The number of carbonyl (C=O) groups excluding carboxylic acids is 2. The van der Waals surface area contributed by atoms with Crippen molar-refractivity contribution in [1.82, 2.24) is 5.32 Å². The van der Waals surface area contributed by atoms with Crippen LogP contribution in [0.4, 0.5) is 5.69 Å². The van der Waals surface area contributed by atoms with Gasteiger partial charge in [0.1, 0.15) is 11.5 Å². The van der Waals surface area contributed by atoms with Crippen molar-refractivity contribution >= 4 is 17.6 Å². The number of hydrogen-bond acceptors (Lipinski definition) is 8. The molecule has 2 aromatic rings. The van der Waals surface area contributed by atoms with E-state index in [0.717, 1.165) is 24.1 Å². The molecule has 0 amide bonds. The van der Waals surface area contributed by atoms with Crippen LogP contribution in [0.25, 0.3) is 0 Å². The highest BCUT2D eigenvalue weighted by Crippen LogP contribution is 2.44. The van der Waals surface area contributed by atoms with Crippen LogP contribution < -0.4 is 16.0 Å². The summed E-state index contributed by atoms with van der Waals surface area (Å²) < 4.78 is 10.2. The predicted octanol–water partition coefficient (Wildman–Crippen LogP) is 2.23. The van der Waals surface area contributed by atoms with Crippen molar-refractivity contribution in [2.75, 3.05) is 25.7 Å². The van der Waals surface area contributed by atoms with Gasteiger partial charge in [-0.3, -0.25) is 4.90 Å². The topological polar surface area (TPSA) is 118 Å². The standard InChI is InChI=1S/C25H24N4O4/c1-32-24(30)21-20(16-7-4-3-5-8-16)17(13-26)23(27)29(22(21)25(31)33-2)19-10-6-9-15-11-12-28-14-18(15)19/h3-10,20,28H,11-12,14,27H2,1-2H3. The lowest BCUT2D eigenvalue weighted by molar-refractivity contribution is -0.139. The Morgan fingerprint density at radius 2 is 1.82 bits per heavy atom. The van der Waals surface area contributed by atoms with Gasteiger partial charge in [0.2, 0.25) is 0 Å². The largest absolute Gasteiger partial charge is 0.466 e. The molecule has 2 aliphatic rings. The minimum Gasteiger partial charge on any atom is -0.466 e. The van der Waals surface area contributed by atoms with Gasteiger partial charge in [-0.05, 0) is 35.7 Å². The summed E-state index contributed by atoms with van der Waals surface area (Å²) in [6.45, 7) is 1.38. The van der Waals surface area contributed by atoms with Gasteiger partial charge >= 0.3 is 11.9 Å². The molecule has 8 heteroatoms. The SMILES string of the molecule is COC(=O)C1=C(C(=O)OC)N(c2cccc3c2CNCC3)C(N)=C(C#N)C1c1ccccc1. The molecule has 0 saturated heterocycles. The Labute approximate surface area is 191 Å². The molecule has 4 rings (SSSR count). The molecular weight excluding hydrogens is 420 g/mol. The van der Waals surface area contributed by atoms with Crippen molar-refractivity contribution in [1.29, 1.82) is 5.26 Å². The van der Waals surface area contributed by atoms with Gasteiger partial charge in [0, 0.05) is 6.54 Å². The molecule has 2 heterocycles. The minimum absolute atomic E-state index is 0.00247. The Bertz CT molecular complexity index is 1210. The first kappa shape index (κ1) is 22.1. The summed E-state index contributed by atoms with van der Waals surface area (Å²) in [7, 11) is 2.47. The maximum Gasteiger partial charge on any atom is 0.355 e. The Balaban J connectivity index is 2.07. The van der Waals surface area contributed by atoms with Gasteiger partial charge in [-0.15, -0.1) is 0 Å². The molecule has 168 valence electrons. The highest BCUT2D eigenvalue weighted by atomic mass is 16.5. The van der Waals surface area contributed by atoms with Crippen molar-refractivity contribution in [2.24, 2.45) is 5.73 Å². The molecular formula is C25H24N4O4. The van der Waals surface area contributed by atoms with Crippen molar-refractivity contribution in [3.8, 4) is 6.07 Å². The molecule has 8 nitrogen and oxygen atoms in total. The van der Waals surface area contributed by atoms with Gasteiger partial charge in [0.15, 0.2) is 0 Å². The lowest BCUT2D eigenvalue weighted by atomic mass is 9.80. The second kappa shape index (κ2) is 9.18. The highest BCUT2D eigenvalue weighted by Gasteiger charge is 2.43. The van der Waals surface area contributed by atoms with Gasteiger partial charge in [0.25, 0.3) is 0 Å². The van der Waals surface area contributed by atoms with E-state index >= 15 is 0 Å². The van der Waals surface area contributed by atoms with Crippen LogP contribution in [0, 0.1) is 11.3 Å². The molecule has 0 spiro atoms. The first-order valence-corrected chi connectivity index (χ1v) is 10.5. The first-order chi connectivity index (χ1) is 16.0. The fourth-order valence-corrected chi connectivity index (χ4v) is 4.47. The average Bonchev–Trinajstić information content (AvgIpc) is 2.87. The number of nitrogens with zero attached hydrogens (tertiary/aromatic N) is 2. The molecule has 2 aromatic carbocycles. The van der Waals surface area contributed by atoms with Crippen molar-refractivity contribution in [3.05, 3.63) is 87.9 Å². The quantitative estimate of drug-likeness (QED) is 0.690. The average molecular weight is 444 g/mol. The number of benzene rings is 2. The van der Waals surface area contributed by atoms with E-state index in [9.17, 15) is 14.9 Å². The predicted molar refractivity (Wildman–Crippen MR) is 121 cm³/mol. The number of allylic oxidation sites excluding steroid dienone is 1. The summed E-state index contributed by atoms with van der Waals surface area (Å²) in [5.41, 5.74) is 9.96. The van der Waals surface area contributed by atoms with Crippen LogP contribution in [0.5, 0.6) is 0 Å². The number of anilines is 1. The maximum absolute atomic E-state index is 13.2. The van der Waals surface area contributed by atoms with Crippen LogP contribution >= 0.6 is 0 Å². The van der Waals surface area contributed by atoms with E-state index in [4.69, 9.17) is 15.2 Å². The van der Waals surface area contributed by atoms with E-state index in [1.54, 1.807) is 24.3 Å².